The van der Waals surface area contributed by atoms with E-state index in [2.05, 4.69) is 4.98 Å². The molecule has 0 saturated carbocycles. The van der Waals surface area contributed by atoms with Gasteiger partial charge in [-0.05, 0) is 12.0 Å². The minimum Gasteiger partial charge on any atom is -0.329 e. The summed E-state index contributed by atoms with van der Waals surface area (Å²) in [6, 6.07) is 9.67. The third-order valence-corrected chi connectivity index (χ3v) is 6.53. The number of halogens is 1. The van der Waals surface area contributed by atoms with Crippen LogP contribution < -0.4 is 0 Å². The van der Waals surface area contributed by atoms with Crippen molar-refractivity contribution < 1.29 is 12.8 Å². The summed E-state index contributed by atoms with van der Waals surface area (Å²) in [4.78, 5) is 4.46. The summed E-state index contributed by atoms with van der Waals surface area (Å²) < 4.78 is 41.0. The Bertz CT molecular complexity index is 818. The highest BCUT2D eigenvalue weighted by Crippen LogP contribution is 2.49. The predicted octanol–water partition coefficient (Wildman–Crippen LogP) is 3.00. The van der Waals surface area contributed by atoms with Crippen LogP contribution in [0.2, 0.25) is 0 Å². The van der Waals surface area contributed by atoms with Crippen molar-refractivity contribution >= 4 is 10.0 Å². The number of hydrogen-bond donors (Lipinski definition) is 0. The number of aromatic nitrogens is 2. The van der Waals surface area contributed by atoms with E-state index in [-0.39, 0.29) is 23.6 Å². The van der Waals surface area contributed by atoms with Crippen LogP contribution in [0.5, 0.6) is 0 Å². The van der Waals surface area contributed by atoms with Crippen LogP contribution in [0.15, 0.2) is 42.7 Å². The molecule has 3 rings (SSSR count). The first-order chi connectivity index (χ1) is 11.8. The molecule has 1 unspecified atom stereocenters. The Hall–Kier alpha value is -1.73. The summed E-state index contributed by atoms with van der Waals surface area (Å²) in [6.07, 6.45) is 3.62. The highest BCUT2D eigenvalue weighted by molar-refractivity contribution is 7.89. The van der Waals surface area contributed by atoms with E-state index < -0.39 is 16.7 Å². The van der Waals surface area contributed by atoms with Gasteiger partial charge in [0, 0.05) is 30.9 Å². The van der Waals surface area contributed by atoms with E-state index in [1.54, 1.807) is 6.20 Å². The van der Waals surface area contributed by atoms with Gasteiger partial charge in [-0.2, -0.15) is 4.31 Å². The first kappa shape index (κ1) is 18.1. The van der Waals surface area contributed by atoms with E-state index >= 15 is 0 Å². The van der Waals surface area contributed by atoms with Gasteiger partial charge >= 0.3 is 0 Å². The molecule has 1 atom stereocenters. The van der Waals surface area contributed by atoms with Gasteiger partial charge in [0.1, 0.15) is 5.82 Å². The molecule has 136 valence electrons. The summed E-state index contributed by atoms with van der Waals surface area (Å²) in [5.41, 5.74) is 0.925. The highest BCUT2D eigenvalue weighted by atomic mass is 32.2. The van der Waals surface area contributed by atoms with Crippen LogP contribution in [0.4, 0.5) is 4.39 Å². The Morgan fingerprint density at radius 2 is 2.00 bits per heavy atom. The average molecular weight is 365 g/mol. The lowest BCUT2D eigenvalue weighted by molar-refractivity contribution is 0.0116. The monoisotopic (exact) mass is 365 g/mol. The SMILES string of the molecule is CC1(C)CN(S(=O)(=O)CCCF)C1c1nccn1Cc1ccccc1. The van der Waals surface area contributed by atoms with Crippen LogP contribution in [0.3, 0.4) is 0 Å². The van der Waals surface area contributed by atoms with Gasteiger partial charge in [0.2, 0.25) is 10.0 Å². The lowest BCUT2D eigenvalue weighted by Gasteiger charge is -2.52. The fourth-order valence-electron chi connectivity index (χ4n) is 3.43. The Labute approximate surface area is 148 Å². The van der Waals surface area contributed by atoms with Gasteiger partial charge in [-0.25, -0.2) is 13.4 Å². The number of imidazole rings is 1. The third kappa shape index (κ3) is 3.62. The van der Waals surface area contributed by atoms with Gasteiger partial charge in [0.25, 0.3) is 0 Å². The maximum atomic E-state index is 12.6. The molecule has 25 heavy (non-hydrogen) atoms. The van der Waals surface area contributed by atoms with Crippen molar-refractivity contribution in [2.45, 2.75) is 32.9 Å². The largest absolute Gasteiger partial charge is 0.329 e. The zero-order chi connectivity index (χ0) is 18.1. The third-order valence-electron chi connectivity index (χ3n) is 4.67. The Morgan fingerprint density at radius 1 is 1.28 bits per heavy atom. The van der Waals surface area contributed by atoms with Crippen molar-refractivity contribution in [2.24, 2.45) is 5.41 Å². The molecule has 1 aromatic carbocycles. The van der Waals surface area contributed by atoms with Crippen LogP contribution >= 0.6 is 0 Å². The van der Waals surface area contributed by atoms with E-state index in [1.165, 1.54) is 4.31 Å². The van der Waals surface area contributed by atoms with Crippen molar-refractivity contribution in [3.63, 3.8) is 0 Å². The molecule has 0 amide bonds. The minimum absolute atomic E-state index is 0.0322. The molecule has 1 fully saturated rings. The number of sulfonamides is 1. The van der Waals surface area contributed by atoms with Crippen molar-refractivity contribution in [2.75, 3.05) is 19.0 Å². The first-order valence-corrected chi connectivity index (χ1v) is 10.1. The average Bonchev–Trinajstić information content (AvgIpc) is 2.99. The fraction of sp³-hybridized carbons (Fsp3) is 0.500. The molecule has 1 saturated heterocycles. The van der Waals surface area contributed by atoms with Crippen LogP contribution in [0, 0.1) is 5.41 Å². The summed E-state index contributed by atoms with van der Waals surface area (Å²) >= 11 is 0. The predicted molar refractivity (Wildman–Crippen MR) is 95.4 cm³/mol. The molecule has 2 heterocycles. The molecule has 2 aromatic rings. The van der Waals surface area contributed by atoms with E-state index in [9.17, 15) is 12.8 Å². The number of nitrogens with zero attached hydrogens (tertiary/aromatic N) is 3. The second kappa shape index (κ2) is 6.88. The Balaban J connectivity index is 1.88. The molecule has 0 bridgehead atoms. The van der Waals surface area contributed by atoms with Gasteiger partial charge < -0.3 is 4.57 Å². The number of benzene rings is 1. The molecular formula is C18H24FN3O2S. The van der Waals surface area contributed by atoms with Crippen LogP contribution in [-0.2, 0) is 16.6 Å². The van der Waals surface area contributed by atoms with Gasteiger partial charge in [0.05, 0.1) is 18.5 Å². The van der Waals surface area contributed by atoms with Gasteiger partial charge in [-0.15, -0.1) is 0 Å². The molecular weight excluding hydrogens is 341 g/mol. The van der Waals surface area contributed by atoms with Gasteiger partial charge in [0.15, 0.2) is 0 Å². The summed E-state index contributed by atoms with van der Waals surface area (Å²) in [5, 5.41) is 0. The zero-order valence-corrected chi connectivity index (χ0v) is 15.4. The second-order valence-electron chi connectivity index (χ2n) is 7.19. The minimum atomic E-state index is -3.48. The molecule has 0 N–H and O–H groups in total. The summed E-state index contributed by atoms with van der Waals surface area (Å²) in [6.45, 7) is 4.54. The number of alkyl halides is 1. The first-order valence-electron chi connectivity index (χ1n) is 8.45. The molecule has 5 nitrogen and oxygen atoms in total. The molecule has 1 aromatic heterocycles. The Kier molecular flexibility index (Phi) is 4.97. The zero-order valence-electron chi connectivity index (χ0n) is 14.6. The van der Waals surface area contributed by atoms with Gasteiger partial charge in [-0.3, -0.25) is 4.39 Å². The molecule has 0 radical (unpaired) electrons. The molecule has 0 spiro atoms. The Morgan fingerprint density at radius 3 is 2.64 bits per heavy atom. The van der Waals surface area contributed by atoms with Crippen LogP contribution in [-0.4, -0.2) is 41.2 Å². The normalized spacial score (nSPS) is 20.4. The molecule has 1 aliphatic heterocycles. The molecule has 0 aliphatic carbocycles. The van der Waals surface area contributed by atoms with Crippen molar-refractivity contribution in [1.82, 2.24) is 13.9 Å². The molecule has 1 aliphatic rings. The van der Waals surface area contributed by atoms with Crippen LogP contribution in [0.25, 0.3) is 0 Å². The van der Waals surface area contributed by atoms with Crippen molar-refractivity contribution in [1.29, 1.82) is 0 Å². The van der Waals surface area contributed by atoms with E-state index in [4.69, 9.17) is 0 Å². The van der Waals surface area contributed by atoms with Gasteiger partial charge in [-0.1, -0.05) is 44.2 Å². The topological polar surface area (TPSA) is 55.2 Å². The lowest BCUT2D eigenvalue weighted by Crippen LogP contribution is -2.59. The maximum absolute atomic E-state index is 12.6. The number of hydrogen-bond acceptors (Lipinski definition) is 3. The summed E-state index contributed by atoms with van der Waals surface area (Å²) in [5.74, 6) is 0.582. The quantitative estimate of drug-likeness (QED) is 0.758. The van der Waals surface area contributed by atoms with Crippen molar-refractivity contribution in [3.8, 4) is 0 Å². The maximum Gasteiger partial charge on any atom is 0.214 e. The molecule has 7 heteroatoms. The smallest absolute Gasteiger partial charge is 0.214 e. The second-order valence-corrected chi connectivity index (χ2v) is 9.23. The van der Waals surface area contributed by atoms with E-state index in [1.807, 2.05) is 54.9 Å². The summed E-state index contributed by atoms with van der Waals surface area (Å²) in [7, 11) is -3.48. The highest BCUT2D eigenvalue weighted by Gasteiger charge is 2.53. The van der Waals surface area contributed by atoms with E-state index in [0.29, 0.717) is 13.1 Å². The number of rotatable bonds is 7. The standard InChI is InChI=1S/C18H24FN3O2S/c1-18(2)14-22(25(23,24)12-6-9-19)16(18)17-20-10-11-21(17)13-15-7-4-3-5-8-15/h3-5,7-8,10-11,16H,6,9,12-14H2,1-2H3. The van der Waals surface area contributed by atoms with E-state index in [0.717, 1.165) is 11.4 Å². The lowest BCUT2D eigenvalue weighted by atomic mass is 9.76. The fourth-order valence-corrected chi connectivity index (χ4v) is 5.37. The van der Waals surface area contributed by atoms with Crippen LogP contribution in [0.1, 0.15) is 37.7 Å². The van der Waals surface area contributed by atoms with Crippen molar-refractivity contribution in [3.05, 3.63) is 54.1 Å².